The van der Waals surface area contributed by atoms with Crippen molar-refractivity contribution >= 4 is 11.7 Å². The highest BCUT2D eigenvalue weighted by molar-refractivity contribution is 5.94. The van der Waals surface area contributed by atoms with Crippen LogP contribution in [-0.4, -0.2) is 42.2 Å². The second-order valence-electron chi connectivity index (χ2n) is 5.45. The van der Waals surface area contributed by atoms with Crippen LogP contribution in [0.25, 0.3) is 0 Å². The Labute approximate surface area is 114 Å². The van der Waals surface area contributed by atoms with E-state index in [1.54, 1.807) is 12.1 Å². The van der Waals surface area contributed by atoms with Crippen LogP contribution in [0.5, 0.6) is 0 Å². The summed E-state index contributed by atoms with van der Waals surface area (Å²) in [5.74, 6) is -0.309. The van der Waals surface area contributed by atoms with Gasteiger partial charge in [-0.2, -0.15) is 0 Å². The van der Waals surface area contributed by atoms with E-state index in [0.717, 1.165) is 18.8 Å². The largest absolute Gasteiger partial charge is 0.478 e. The van der Waals surface area contributed by atoms with Crippen molar-refractivity contribution in [3.05, 3.63) is 29.8 Å². The molecule has 0 spiro atoms. The van der Waals surface area contributed by atoms with Gasteiger partial charge in [0.15, 0.2) is 0 Å². The summed E-state index contributed by atoms with van der Waals surface area (Å²) in [5, 5.41) is 12.6. The molecule has 0 radical (unpaired) electrons. The SMILES string of the molecule is CC(Nc1ccccc1C(=O)O)C1CCCN(C)C1. The first-order valence-electron chi connectivity index (χ1n) is 6.85. The number of anilines is 1. The van der Waals surface area contributed by atoms with Gasteiger partial charge in [-0.1, -0.05) is 12.1 Å². The fourth-order valence-electron chi connectivity index (χ4n) is 2.77. The summed E-state index contributed by atoms with van der Waals surface area (Å²) < 4.78 is 0. The number of piperidine rings is 1. The maximum Gasteiger partial charge on any atom is 0.337 e. The van der Waals surface area contributed by atoms with Gasteiger partial charge in [0.05, 0.1) is 5.56 Å². The summed E-state index contributed by atoms with van der Waals surface area (Å²) in [7, 11) is 2.14. The molecule has 2 rings (SSSR count). The molecule has 2 unspecified atom stereocenters. The van der Waals surface area contributed by atoms with Crippen LogP contribution < -0.4 is 5.32 Å². The normalized spacial score (nSPS) is 21.9. The highest BCUT2D eigenvalue weighted by atomic mass is 16.4. The Bertz CT molecular complexity index is 448. The lowest BCUT2D eigenvalue weighted by Crippen LogP contribution is -2.40. The number of likely N-dealkylation sites (tertiary alicyclic amines) is 1. The van der Waals surface area contributed by atoms with Crippen LogP contribution >= 0.6 is 0 Å². The van der Waals surface area contributed by atoms with E-state index in [4.69, 9.17) is 0 Å². The third-order valence-corrected chi connectivity index (χ3v) is 3.91. The predicted molar refractivity (Wildman–Crippen MR) is 76.7 cm³/mol. The number of rotatable bonds is 4. The first-order chi connectivity index (χ1) is 9.08. The molecule has 1 aliphatic heterocycles. The van der Waals surface area contributed by atoms with E-state index in [2.05, 4.69) is 24.2 Å². The molecule has 1 saturated heterocycles. The van der Waals surface area contributed by atoms with Crippen LogP contribution in [0.4, 0.5) is 5.69 Å². The molecule has 4 heteroatoms. The Hall–Kier alpha value is -1.55. The number of hydrogen-bond donors (Lipinski definition) is 2. The third-order valence-electron chi connectivity index (χ3n) is 3.91. The van der Waals surface area contributed by atoms with Gasteiger partial charge in [0.1, 0.15) is 0 Å². The number of carboxylic acids is 1. The lowest BCUT2D eigenvalue weighted by Gasteiger charge is -2.34. The van der Waals surface area contributed by atoms with Gasteiger partial charge < -0.3 is 15.3 Å². The number of para-hydroxylation sites is 1. The maximum absolute atomic E-state index is 11.2. The standard InChI is InChI=1S/C15H22N2O2/c1-11(12-6-5-9-17(2)10-12)16-14-8-4-3-7-13(14)15(18)19/h3-4,7-8,11-12,16H,5-6,9-10H2,1-2H3,(H,18,19). The van der Waals surface area contributed by atoms with E-state index in [1.807, 2.05) is 12.1 Å². The molecule has 2 N–H and O–H groups in total. The van der Waals surface area contributed by atoms with Crippen molar-refractivity contribution in [2.24, 2.45) is 5.92 Å². The molecule has 4 nitrogen and oxygen atoms in total. The monoisotopic (exact) mass is 262 g/mol. The van der Waals surface area contributed by atoms with E-state index in [1.165, 1.54) is 12.8 Å². The van der Waals surface area contributed by atoms with Gasteiger partial charge in [-0.3, -0.25) is 0 Å². The van der Waals surface area contributed by atoms with Crippen molar-refractivity contribution in [2.45, 2.75) is 25.8 Å². The Balaban J connectivity index is 2.06. The molecule has 0 bridgehead atoms. The van der Waals surface area contributed by atoms with Crippen LogP contribution in [0.3, 0.4) is 0 Å². The summed E-state index contributed by atoms with van der Waals surface area (Å²) in [6.07, 6.45) is 2.42. The molecule has 19 heavy (non-hydrogen) atoms. The van der Waals surface area contributed by atoms with Crippen LogP contribution in [-0.2, 0) is 0 Å². The van der Waals surface area contributed by atoms with Crippen LogP contribution in [0.15, 0.2) is 24.3 Å². The van der Waals surface area contributed by atoms with Gasteiger partial charge in [0.25, 0.3) is 0 Å². The van der Waals surface area contributed by atoms with Gasteiger partial charge in [0, 0.05) is 18.3 Å². The first kappa shape index (κ1) is 13.9. The summed E-state index contributed by atoms with van der Waals surface area (Å²) in [5.41, 5.74) is 1.06. The quantitative estimate of drug-likeness (QED) is 0.875. The van der Waals surface area contributed by atoms with E-state index in [-0.39, 0.29) is 6.04 Å². The number of carbonyl (C=O) groups is 1. The molecule has 1 heterocycles. The zero-order chi connectivity index (χ0) is 13.8. The summed E-state index contributed by atoms with van der Waals surface area (Å²) in [4.78, 5) is 13.5. The van der Waals surface area contributed by atoms with Gasteiger partial charge in [-0.15, -0.1) is 0 Å². The Morgan fingerprint density at radius 1 is 1.47 bits per heavy atom. The van der Waals surface area contributed by atoms with E-state index >= 15 is 0 Å². The highest BCUT2D eigenvalue weighted by Crippen LogP contribution is 2.23. The van der Waals surface area contributed by atoms with Gasteiger partial charge in [0.2, 0.25) is 0 Å². The molecule has 0 aliphatic carbocycles. The average Bonchev–Trinajstić information content (AvgIpc) is 2.39. The van der Waals surface area contributed by atoms with Crippen molar-refractivity contribution in [2.75, 3.05) is 25.5 Å². The number of aromatic carboxylic acids is 1. The fourth-order valence-corrected chi connectivity index (χ4v) is 2.77. The average molecular weight is 262 g/mol. The summed E-state index contributed by atoms with van der Waals surface area (Å²) >= 11 is 0. The van der Waals surface area contributed by atoms with Gasteiger partial charge >= 0.3 is 5.97 Å². The van der Waals surface area contributed by atoms with Crippen molar-refractivity contribution < 1.29 is 9.90 Å². The molecular formula is C15H22N2O2. The summed E-state index contributed by atoms with van der Waals surface area (Å²) in [6.45, 7) is 4.38. The fraction of sp³-hybridized carbons (Fsp3) is 0.533. The minimum absolute atomic E-state index is 0.281. The van der Waals surface area contributed by atoms with Crippen molar-refractivity contribution in [1.82, 2.24) is 4.90 Å². The topological polar surface area (TPSA) is 52.6 Å². The van der Waals surface area contributed by atoms with E-state index < -0.39 is 5.97 Å². The highest BCUT2D eigenvalue weighted by Gasteiger charge is 2.23. The zero-order valence-electron chi connectivity index (χ0n) is 11.6. The Morgan fingerprint density at radius 2 is 2.21 bits per heavy atom. The number of benzene rings is 1. The molecule has 1 aromatic carbocycles. The summed E-state index contributed by atoms with van der Waals surface area (Å²) in [6, 6.07) is 7.39. The van der Waals surface area contributed by atoms with Crippen LogP contribution in [0.2, 0.25) is 0 Å². The third kappa shape index (κ3) is 3.47. The second-order valence-corrected chi connectivity index (χ2v) is 5.45. The van der Waals surface area contributed by atoms with Crippen molar-refractivity contribution in [3.63, 3.8) is 0 Å². The molecule has 1 aliphatic rings. The molecule has 104 valence electrons. The van der Waals surface area contributed by atoms with Crippen LogP contribution in [0.1, 0.15) is 30.1 Å². The van der Waals surface area contributed by atoms with Crippen LogP contribution in [0, 0.1) is 5.92 Å². The van der Waals surface area contributed by atoms with Crippen molar-refractivity contribution in [1.29, 1.82) is 0 Å². The predicted octanol–water partition coefficient (Wildman–Crippen LogP) is 2.53. The maximum atomic E-state index is 11.2. The molecule has 0 amide bonds. The Kier molecular flexibility index (Phi) is 4.43. The minimum atomic E-state index is -0.879. The van der Waals surface area contributed by atoms with E-state index in [9.17, 15) is 9.90 Å². The number of nitrogens with one attached hydrogen (secondary N) is 1. The molecule has 2 atom stereocenters. The van der Waals surface area contributed by atoms with Crippen molar-refractivity contribution in [3.8, 4) is 0 Å². The smallest absolute Gasteiger partial charge is 0.337 e. The Morgan fingerprint density at radius 3 is 2.89 bits per heavy atom. The lowest BCUT2D eigenvalue weighted by molar-refractivity contribution is 0.0698. The number of nitrogens with zero attached hydrogens (tertiary/aromatic N) is 1. The van der Waals surface area contributed by atoms with E-state index in [0.29, 0.717) is 11.5 Å². The molecule has 1 aromatic rings. The van der Waals surface area contributed by atoms with Gasteiger partial charge in [-0.25, -0.2) is 4.79 Å². The lowest BCUT2D eigenvalue weighted by atomic mass is 9.91. The zero-order valence-corrected chi connectivity index (χ0v) is 11.6. The molecule has 0 aromatic heterocycles. The number of hydrogen-bond acceptors (Lipinski definition) is 3. The second kappa shape index (κ2) is 6.06. The molecular weight excluding hydrogens is 240 g/mol. The molecule has 1 fully saturated rings. The minimum Gasteiger partial charge on any atom is -0.478 e. The molecule has 0 saturated carbocycles. The number of carboxylic acid groups (broad SMARTS) is 1. The first-order valence-corrected chi connectivity index (χ1v) is 6.85. The van der Waals surface area contributed by atoms with Gasteiger partial charge in [-0.05, 0) is 51.4 Å².